The van der Waals surface area contributed by atoms with Gasteiger partial charge in [0.25, 0.3) is 5.91 Å². The fraction of sp³-hybridized carbons (Fsp3) is 0.500. The molecule has 0 unspecified atom stereocenters. The highest BCUT2D eigenvalue weighted by atomic mass is 16.2. The third-order valence-electron chi connectivity index (χ3n) is 5.05. The first-order valence-electron chi connectivity index (χ1n) is 10.3. The zero-order chi connectivity index (χ0) is 21.0. The van der Waals surface area contributed by atoms with Gasteiger partial charge in [-0.3, -0.25) is 4.79 Å². The van der Waals surface area contributed by atoms with E-state index < -0.39 is 0 Å². The van der Waals surface area contributed by atoms with Gasteiger partial charge in [-0.2, -0.15) is 5.10 Å². The molecule has 7 nitrogen and oxygen atoms in total. The number of nitrogens with zero attached hydrogens (tertiary/aromatic N) is 3. The predicted molar refractivity (Wildman–Crippen MR) is 113 cm³/mol. The van der Waals surface area contributed by atoms with Crippen molar-refractivity contribution in [3.8, 4) is 5.69 Å². The summed E-state index contributed by atoms with van der Waals surface area (Å²) in [5.41, 5.74) is 2.21. The first-order valence-corrected chi connectivity index (χ1v) is 10.3. The van der Waals surface area contributed by atoms with E-state index in [0.29, 0.717) is 25.1 Å². The van der Waals surface area contributed by atoms with Crippen molar-refractivity contribution in [3.63, 3.8) is 0 Å². The average Bonchev–Trinajstić information content (AvgIpc) is 3.12. The van der Waals surface area contributed by atoms with Gasteiger partial charge in [0.1, 0.15) is 0 Å². The monoisotopic (exact) mass is 397 g/mol. The van der Waals surface area contributed by atoms with E-state index in [2.05, 4.69) is 15.7 Å². The van der Waals surface area contributed by atoms with Crippen LogP contribution >= 0.6 is 0 Å². The van der Waals surface area contributed by atoms with Crippen LogP contribution in [0.3, 0.4) is 0 Å². The molecule has 1 aliphatic heterocycles. The topological polar surface area (TPSA) is 79.3 Å². The van der Waals surface area contributed by atoms with Gasteiger partial charge in [-0.15, -0.1) is 0 Å². The van der Waals surface area contributed by atoms with Crippen LogP contribution in [0.15, 0.2) is 36.5 Å². The zero-order valence-electron chi connectivity index (χ0n) is 17.7. The Labute approximate surface area is 172 Å². The molecule has 1 saturated heterocycles. The maximum atomic E-state index is 12.9. The molecule has 3 amide bonds. The van der Waals surface area contributed by atoms with E-state index >= 15 is 0 Å². The molecule has 0 radical (unpaired) electrons. The van der Waals surface area contributed by atoms with Crippen molar-refractivity contribution in [3.05, 3.63) is 47.8 Å². The Morgan fingerprint density at radius 1 is 1.14 bits per heavy atom. The number of amides is 3. The lowest BCUT2D eigenvalue weighted by Crippen LogP contribution is -2.53. The third-order valence-corrected chi connectivity index (χ3v) is 5.05. The van der Waals surface area contributed by atoms with Crippen molar-refractivity contribution >= 4 is 11.9 Å². The van der Waals surface area contributed by atoms with Gasteiger partial charge >= 0.3 is 6.03 Å². The molecule has 1 aromatic heterocycles. The average molecular weight is 398 g/mol. The molecule has 0 spiro atoms. The molecule has 1 fully saturated rings. The van der Waals surface area contributed by atoms with Crippen LogP contribution in [-0.4, -0.2) is 51.3 Å². The molecule has 0 atom stereocenters. The molecule has 3 rings (SSSR count). The van der Waals surface area contributed by atoms with Crippen LogP contribution in [0, 0.1) is 0 Å². The number of benzene rings is 1. The summed E-state index contributed by atoms with van der Waals surface area (Å²) in [6, 6.07) is 9.85. The number of urea groups is 1. The highest BCUT2D eigenvalue weighted by molar-refractivity contribution is 5.95. The summed E-state index contributed by atoms with van der Waals surface area (Å²) in [7, 11) is 0. The van der Waals surface area contributed by atoms with Gasteiger partial charge in [0.15, 0.2) is 0 Å². The van der Waals surface area contributed by atoms with Crippen molar-refractivity contribution in [1.82, 2.24) is 25.3 Å². The summed E-state index contributed by atoms with van der Waals surface area (Å²) in [6.07, 6.45) is 3.85. The number of nitrogens with one attached hydrogen (secondary N) is 2. The second-order valence-corrected chi connectivity index (χ2v) is 8.52. The lowest BCUT2D eigenvalue weighted by molar-refractivity contribution is 0.0916. The van der Waals surface area contributed by atoms with Crippen molar-refractivity contribution in [2.24, 2.45) is 0 Å². The molecule has 0 bridgehead atoms. The molecular formula is C22H31N5O2. The molecule has 2 aromatic rings. The Morgan fingerprint density at radius 3 is 2.38 bits per heavy atom. The van der Waals surface area contributed by atoms with Gasteiger partial charge in [-0.1, -0.05) is 25.1 Å². The molecule has 2 heterocycles. The summed E-state index contributed by atoms with van der Waals surface area (Å²) in [4.78, 5) is 27.0. The Balaban J connectivity index is 1.61. The minimum absolute atomic E-state index is 0.0420. The zero-order valence-corrected chi connectivity index (χ0v) is 17.7. The Bertz CT molecular complexity index is 846. The molecule has 29 heavy (non-hydrogen) atoms. The van der Waals surface area contributed by atoms with Gasteiger partial charge in [-0.25, -0.2) is 9.48 Å². The van der Waals surface area contributed by atoms with E-state index in [9.17, 15) is 9.59 Å². The summed E-state index contributed by atoms with van der Waals surface area (Å²) < 4.78 is 1.83. The van der Waals surface area contributed by atoms with Crippen LogP contribution in [0.4, 0.5) is 4.79 Å². The van der Waals surface area contributed by atoms with Crippen molar-refractivity contribution in [2.75, 3.05) is 13.1 Å². The van der Waals surface area contributed by atoms with E-state index in [1.165, 1.54) is 0 Å². The number of hydrogen-bond donors (Lipinski definition) is 2. The lowest BCUT2D eigenvalue weighted by Gasteiger charge is -2.34. The third kappa shape index (κ3) is 5.16. The maximum absolute atomic E-state index is 12.9. The maximum Gasteiger partial charge on any atom is 0.317 e. The highest BCUT2D eigenvalue weighted by Gasteiger charge is 2.27. The van der Waals surface area contributed by atoms with Gasteiger partial charge in [0, 0.05) is 24.7 Å². The Morgan fingerprint density at radius 2 is 1.79 bits per heavy atom. The summed E-state index contributed by atoms with van der Waals surface area (Å²) >= 11 is 0. The number of likely N-dealkylation sites (tertiary alicyclic amines) is 1. The largest absolute Gasteiger partial charge is 0.349 e. The van der Waals surface area contributed by atoms with Crippen LogP contribution < -0.4 is 10.6 Å². The van der Waals surface area contributed by atoms with Crippen molar-refractivity contribution in [1.29, 1.82) is 0 Å². The Hall–Kier alpha value is -2.83. The molecule has 0 aliphatic carbocycles. The first-order chi connectivity index (χ1) is 13.8. The number of carbonyl (C=O) groups is 2. The molecule has 156 valence electrons. The number of para-hydroxylation sites is 1. The molecule has 7 heteroatoms. The SMILES string of the molecule is CCc1c(C(=O)NC2CCN(C(=O)NC(C)(C)C)CC2)cnn1-c1ccccc1. The fourth-order valence-corrected chi connectivity index (χ4v) is 3.59. The quantitative estimate of drug-likeness (QED) is 0.832. The summed E-state index contributed by atoms with van der Waals surface area (Å²) in [5, 5.41) is 10.6. The van der Waals surface area contributed by atoms with Gasteiger partial charge in [0.2, 0.25) is 0 Å². The smallest absolute Gasteiger partial charge is 0.317 e. The van der Waals surface area contributed by atoms with Crippen LogP contribution in [0.2, 0.25) is 0 Å². The van der Waals surface area contributed by atoms with Gasteiger partial charge in [0.05, 0.1) is 23.1 Å². The van der Waals surface area contributed by atoms with E-state index in [1.807, 2.05) is 67.6 Å². The lowest BCUT2D eigenvalue weighted by atomic mass is 10.0. The van der Waals surface area contributed by atoms with E-state index in [-0.39, 0.29) is 23.5 Å². The molecular weight excluding hydrogens is 366 g/mol. The second-order valence-electron chi connectivity index (χ2n) is 8.52. The van der Waals surface area contributed by atoms with E-state index in [1.54, 1.807) is 6.20 Å². The van der Waals surface area contributed by atoms with Crippen LogP contribution in [0.25, 0.3) is 5.69 Å². The van der Waals surface area contributed by atoms with Crippen LogP contribution in [0.1, 0.15) is 56.6 Å². The van der Waals surface area contributed by atoms with E-state index in [4.69, 9.17) is 0 Å². The van der Waals surface area contributed by atoms with Crippen molar-refractivity contribution < 1.29 is 9.59 Å². The molecule has 0 saturated carbocycles. The Kier molecular flexibility index (Phi) is 6.25. The van der Waals surface area contributed by atoms with Crippen LogP contribution in [0.5, 0.6) is 0 Å². The van der Waals surface area contributed by atoms with Gasteiger partial charge < -0.3 is 15.5 Å². The normalized spacial score (nSPS) is 15.2. The first kappa shape index (κ1) is 20.9. The van der Waals surface area contributed by atoms with Crippen molar-refractivity contribution in [2.45, 2.75) is 58.5 Å². The summed E-state index contributed by atoms with van der Waals surface area (Å²) in [5.74, 6) is -0.0957. The minimum atomic E-state index is -0.252. The molecule has 2 N–H and O–H groups in total. The fourth-order valence-electron chi connectivity index (χ4n) is 3.59. The molecule has 1 aliphatic rings. The van der Waals surface area contributed by atoms with E-state index in [0.717, 1.165) is 24.2 Å². The predicted octanol–water partition coefficient (Wildman–Crippen LogP) is 3.14. The number of aromatic nitrogens is 2. The highest BCUT2D eigenvalue weighted by Crippen LogP contribution is 2.17. The summed E-state index contributed by atoms with van der Waals surface area (Å²) in [6.45, 7) is 9.21. The van der Waals surface area contributed by atoms with Crippen LogP contribution in [-0.2, 0) is 6.42 Å². The minimum Gasteiger partial charge on any atom is -0.349 e. The standard InChI is InChI=1S/C22H31N5O2/c1-5-19-18(15-23-27(19)17-9-7-6-8-10-17)20(28)24-16-11-13-26(14-12-16)21(29)25-22(2,3)4/h6-10,15-16H,5,11-14H2,1-4H3,(H,24,28)(H,25,29). The number of rotatable bonds is 4. The number of carbonyl (C=O) groups excluding carboxylic acids is 2. The number of hydrogen-bond acceptors (Lipinski definition) is 3. The van der Waals surface area contributed by atoms with Gasteiger partial charge in [-0.05, 0) is 52.2 Å². The number of piperidine rings is 1. The second kappa shape index (κ2) is 8.68. The molecule has 1 aromatic carbocycles.